The number of rotatable bonds is 5. The summed E-state index contributed by atoms with van der Waals surface area (Å²) >= 11 is 8.95. The van der Waals surface area contributed by atoms with Crippen molar-refractivity contribution < 1.29 is 4.79 Å². The van der Waals surface area contributed by atoms with Crippen LogP contribution in [0, 0.1) is 0 Å². The van der Waals surface area contributed by atoms with Gasteiger partial charge < -0.3 is 10.3 Å². The predicted octanol–water partition coefficient (Wildman–Crippen LogP) is 4.26. The minimum atomic E-state index is -0.0819. The standard InChI is InChI=1S/C17H13ClN4OS2/c18-14-6-5-13(25-14)17-20-10(9-24-17)7-16(23)19-8-15-21-11-3-1-2-4-12(11)22-15/h1-6,9H,7-8H2,(H,19,23)(H,21,22). The number of aromatic nitrogens is 3. The van der Waals surface area contributed by atoms with Crippen LogP contribution in [0.4, 0.5) is 0 Å². The Balaban J connectivity index is 1.36. The van der Waals surface area contributed by atoms with Gasteiger partial charge in [0.15, 0.2) is 0 Å². The van der Waals surface area contributed by atoms with Gasteiger partial charge in [-0.2, -0.15) is 0 Å². The van der Waals surface area contributed by atoms with Crippen LogP contribution in [-0.2, 0) is 17.8 Å². The van der Waals surface area contributed by atoms with Crippen molar-refractivity contribution in [2.75, 3.05) is 0 Å². The van der Waals surface area contributed by atoms with Gasteiger partial charge in [-0.15, -0.1) is 22.7 Å². The number of hydrogen-bond acceptors (Lipinski definition) is 5. The van der Waals surface area contributed by atoms with E-state index in [4.69, 9.17) is 11.6 Å². The lowest BCUT2D eigenvalue weighted by atomic mass is 10.3. The first kappa shape index (κ1) is 16.3. The number of aromatic amines is 1. The number of benzene rings is 1. The van der Waals surface area contributed by atoms with Gasteiger partial charge in [-0.3, -0.25) is 4.79 Å². The molecule has 0 aliphatic carbocycles. The molecule has 0 fully saturated rings. The summed E-state index contributed by atoms with van der Waals surface area (Å²) in [5.41, 5.74) is 2.61. The van der Waals surface area contributed by atoms with Crippen molar-refractivity contribution in [3.8, 4) is 9.88 Å². The molecule has 3 aromatic heterocycles. The third kappa shape index (κ3) is 3.73. The van der Waals surface area contributed by atoms with Crippen LogP contribution < -0.4 is 5.32 Å². The van der Waals surface area contributed by atoms with Gasteiger partial charge in [0.25, 0.3) is 0 Å². The maximum absolute atomic E-state index is 12.1. The molecule has 1 amide bonds. The molecular formula is C17H13ClN4OS2. The third-order valence-corrected chi connectivity index (χ3v) is 5.86. The van der Waals surface area contributed by atoms with Crippen LogP contribution in [0.5, 0.6) is 0 Å². The van der Waals surface area contributed by atoms with Gasteiger partial charge in [0.1, 0.15) is 10.8 Å². The number of thiophene rings is 1. The Kier molecular flexibility index (Phi) is 4.52. The molecule has 0 aliphatic rings. The third-order valence-electron chi connectivity index (χ3n) is 3.57. The highest BCUT2D eigenvalue weighted by atomic mass is 35.5. The van der Waals surface area contributed by atoms with Crippen LogP contribution in [0.3, 0.4) is 0 Å². The summed E-state index contributed by atoms with van der Waals surface area (Å²) in [6, 6.07) is 11.6. The Hall–Kier alpha value is -2.22. The quantitative estimate of drug-likeness (QED) is 0.536. The molecule has 25 heavy (non-hydrogen) atoms. The van der Waals surface area contributed by atoms with Gasteiger partial charge in [-0.1, -0.05) is 23.7 Å². The summed E-state index contributed by atoms with van der Waals surface area (Å²) in [5.74, 6) is 0.656. The van der Waals surface area contributed by atoms with E-state index >= 15 is 0 Å². The Morgan fingerprint density at radius 3 is 2.88 bits per heavy atom. The number of H-pyrrole nitrogens is 1. The van der Waals surface area contributed by atoms with Gasteiger partial charge in [-0.05, 0) is 24.3 Å². The highest BCUT2D eigenvalue weighted by Crippen LogP contribution is 2.32. The van der Waals surface area contributed by atoms with Crippen LogP contribution in [-0.4, -0.2) is 20.9 Å². The lowest BCUT2D eigenvalue weighted by Gasteiger charge is -2.01. The summed E-state index contributed by atoms with van der Waals surface area (Å²) in [4.78, 5) is 25.3. The number of nitrogens with one attached hydrogen (secondary N) is 2. The number of hydrogen-bond donors (Lipinski definition) is 2. The normalized spacial score (nSPS) is 11.1. The highest BCUT2D eigenvalue weighted by Gasteiger charge is 2.11. The fraction of sp³-hybridized carbons (Fsp3) is 0.118. The molecule has 0 saturated heterocycles. The average molecular weight is 389 g/mol. The van der Waals surface area contributed by atoms with Crippen LogP contribution in [0.25, 0.3) is 20.9 Å². The number of amides is 1. The van der Waals surface area contributed by atoms with Crippen LogP contribution >= 0.6 is 34.3 Å². The lowest BCUT2D eigenvalue weighted by molar-refractivity contribution is -0.120. The number of halogens is 1. The minimum Gasteiger partial charge on any atom is -0.349 e. The molecule has 3 heterocycles. The fourth-order valence-corrected chi connectivity index (χ4v) is 4.36. The molecule has 8 heteroatoms. The van der Waals surface area contributed by atoms with Crippen LogP contribution in [0.15, 0.2) is 41.8 Å². The molecule has 4 aromatic rings. The summed E-state index contributed by atoms with van der Waals surface area (Å²) in [5, 5.41) is 5.67. The molecule has 5 nitrogen and oxygen atoms in total. The Bertz CT molecular complexity index is 1000. The predicted molar refractivity (Wildman–Crippen MR) is 102 cm³/mol. The Morgan fingerprint density at radius 2 is 2.08 bits per heavy atom. The number of fused-ring (bicyclic) bond motifs is 1. The number of carbonyl (C=O) groups excluding carboxylic acids is 1. The summed E-state index contributed by atoms with van der Waals surface area (Å²) in [6.07, 6.45) is 0.246. The van der Waals surface area contributed by atoms with E-state index in [1.807, 2.05) is 41.8 Å². The maximum atomic E-state index is 12.1. The van der Waals surface area contributed by atoms with Gasteiger partial charge in [0, 0.05) is 5.38 Å². The van der Waals surface area contributed by atoms with Crippen LogP contribution in [0.1, 0.15) is 11.5 Å². The maximum Gasteiger partial charge on any atom is 0.226 e. The van der Waals surface area contributed by atoms with E-state index in [9.17, 15) is 4.79 Å². The zero-order valence-corrected chi connectivity index (χ0v) is 15.3. The monoisotopic (exact) mass is 388 g/mol. The van der Waals surface area contributed by atoms with Crippen molar-refractivity contribution in [1.82, 2.24) is 20.3 Å². The van der Waals surface area contributed by atoms with Gasteiger partial charge in [0.2, 0.25) is 5.91 Å². The molecule has 0 bridgehead atoms. The van der Waals surface area contributed by atoms with E-state index in [1.54, 1.807) is 0 Å². The zero-order chi connectivity index (χ0) is 17.2. The summed E-state index contributed by atoms with van der Waals surface area (Å²) in [7, 11) is 0. The van der Waals surface area contributed by atoms with E-state index in [0.29, 0.717) is 6.54 Å². The highest BCUT2D eigenvalue weighted by molar-refractivity contribution is 7.23. The number of para-hydroxylation sites is 2. The summed E-state index contributed by atoms with van der Waals surface area (Å²) < 4.78 is 0.732. The molecular weight excluding hydrogens is 376 g/mol. The number of imidazole rings is 1. The SMILES string of the molecule is O=C(Cc1csc(-c2ccc(Cl)s2)n1)NCc1nc2ccccc2[nH]1. The lowest BCUT2D eigenvalue weighted by Crippen LogP contribution is -2.25. The second-order valence-corrected chi connectivity index (χ2v) is 7.98. The van der Waals surface area contributed by atoms with E-state index in [-0.39, 0.29) is 12.3 Å². The van der Waals surface area contributed by atoms with Crippen molar-refractivity contribution in [2.24, 2.45) is 0 Å². The first-order chi connectivity index (χ1) is 12.2. The molecule has 1 aromatic carbocycles. The second-order valence-electron chi connectivity index (χ2n) is 5.40. The van der Waals surface area contributed by atoms with Crippen molar-refractivity contribution in [2.45, 2.75) is 13.0 Å². The minimum absolute atomic E-state index is 0.0819. The molecule has 0 aliphatic heterocycles. The van der Waals surface area contributed by atoms with E-state index in [2.05, 4.69) is 20.3 Å². The average Bonchev–Trinajstić information content (AvgIpc) is 3.31. The van der Waals surface area contributed by atoms with Crippen LogP contribution in [0.2, 0.25) is 4.34 Å². The number of nitrogens with zero attached hydrogens (tertiary/aromatic N) is 2. The molecule has 126 valence electrons. The summed E-state index contributed by atoms with van der Waals surface area (Å²) in [6.45, 7) is 0.366. The van der Waals surface area contributed by atoms with Crippen molar-refractivity contribution >= 4 is 51.2 Å². The zero-order valence-electron chi connectivity index (χ0n) is 13.0. The largest absolute Gasteiger partial charge is 0.349 e. The first-order valence-corrected chi connectivity index (χ1v) is 9.65. The van der Waals surface area contributed by atoms with Crippen molar-refractivity contribution in [1.29, 1.82) is 0 Å². The van der Waals surface area contributed by atoms with E-state index < -0.39 is 0 Å². The smallest absolute Gasteiger partial charge is 0.226 e. The Labute approximate surface area is 156 Å². The molecule has 4 rings (SSSR count). The molecule has 2 N–H and O–H groups in total. The molecule has 0 atom stereocenters. The van der Waals surface area contributed by atoms with Gasteiger partial charge in [-0.25, -0.2) is 9.97 Å². The number of thiazole rings is 1. The fourth-order valence-electron chi connectivity index (χ4n) is 2.43. The molecule has 0 radical (unpaired) electrons. The molecule has 0 spiro atoms. The topological polar surface area (TPSA) is 70.7 Å². The van der Waals surface area contributed by atoms with Gasteiger partial charge in [0.05, 0.1) is 38.9 Å². The van der Waals surface area contributed by atoms with E-state index in [0.717, 1.165) is 36.8 Å². The van der Waals surface area contributed by atoms with Crippen molar-refractivity contribution in [3.63, 3.8) is 0 Å². The van der Waals surface area contributed by atoms with Crippen molar-refractivity contribution in [3.05, 3.63) is 57.6 Å². The van der Waals surface area contributed by atoms with E-state index in [1.165, 1.54) is 22.7 Å². The first-order valence-electron chi connectivity index (χ1n) is 7.58. The molecule has 0 unspecified atom stereocenters. The molecule has 0 saturated carbocycles. The number of carbonyl (C=O) groups is 1. The van der Waals surface area contributed by atoms with Gasteiger partial charge >= 0.3 is 0 Å². The Morgan fingerprint density at radius 1 is 1.20 bits per heavy atom. The second kappa shape index (κ2) is 6.95.